The largest absolute Gasteiger partial charge is 0.505 e. The van der Waals surface area contributed by atoms with Gasteiger partial charge in [0.15, 0.2) is 5.75 Å². The van der Waals surface area contributed by atoms with Gasteiger partial charge < -0.3 is 10.4 Å². The van der Waals surface area contributed by atoms with Crippen molar-refractivity contribution in [2.75, 3.05) is 5.32 Å². The summed E-state index contributed by atoms with van der Waals surface area (Å²) in [5.74, 6) is -1.58. The van der Waals surface area contributed by atoms with Crippen molar-refractivity contribution in [3.63, 3.8) is 0 Å². The molecule has 0 aliphatic rings. The lowest BCUT2D eigenvalue weighted by molar-refractivity contribution is -0.114. The van der Waals surface area contributed by atoms with Crippen LogP contribution >= 0.6 is 0 Å². The number of phenols is 1. The summed E-state index contributed by atoms with van der Waals surface area (Å²) in [5, 5.41) is 24.8. The Hall–Kier alpha value is -3.48. The van der Waals surface area contributed by atoms with Gasteiger partial charge in [-0.15, -0.1) is 5.11 Å². The van der Waals surface area contributed by atoms with Crippen LogP contribution in [0.15, 0.2) is 67.4 Å². The molecule has 35 heavy (non-hydrogen) atoms. The highest BCUT2D eigenvalue weighted by atomic mass is 32.2. The second-order valence-corrected chi connectivity index (χ2v) is 11.4. The number of anilines is 1. The first-order valence-corrected chi connectivity index (χ1v) is 13.5. The first-order chi connectivity index (χ1) is 16.0. The van der Waals surface area contributed by atoms with Gasteiger partial charge in [0.05, 0.1) is 16.3 Å². The lowest BCUT2D eigenvalue weighted by Crippen LogP contribution is -2.11. The molecule has 0 aromatic heterocycles. The number of hydrogen-bond donors (Lipinski definition) is 5. The van der Waals surface area contributed by atoms with Crippen LogP contribution in [-0.4, -0.2) is 45.4 Å². The zero-order valence-corrected chi connectivity index (χ0v) is 19.9. The molecule has 0 bridgehead atoms. The molecular formula is C18H16N4O10S3. The summed E-state index contributed by atoms with van der Waals surface area (Å²) >= 11 is 0. The predicted octanol–water partition coefficient (Wildman–Crippen LogP) is 2.06. The summed E-state index contributed by atoms with van der Waals surface area (Å²) in [4.78, 5) is 9.48. The predicted molar refractivity (Wildman–Crippen MR) is 122 cm³/mol. The Bertz CT molecular complexity index is 1710. The molecule has 0 unspecified atom stereocenters. The van der Waals surface area contributed by atoms with E-state index in [-0.39, 0.29) is 21.4 Å². The average molecular weight is 545 g/mol. The zero-order chi connectivity index (χ0) is 26.3. The molecule has 0 fully saturated rings. The van der Waals surface area contributed by atoms with E-state index in [4.69, 9.17) is 5.14 Å². The number of nitrogens with zero attached hydrogens (tertiary/aromatic N) is 2. The zero-order valence-electron chi connectivity index (χ0n) is 17.4. The second kappa shape index (κ2) is 8.95. The number of amides is 1. The standard InChI is InChI=1S/C18H16N4O10S3/c1-9(23)20-14-8-13-10(6-15(14)34(27,28)29)7-16(35(30,31)32)17(18(13)24)22-21-11-2-4-12(5-3-11)33(19,25)26/h2-8,24H,1H3,(H,20,23)(H2,19,25,26)(H,27,28,29)(H,30,31,32)/b22-21+. The molecule has 0 heterocycles. The van der Waals surface area contributed by atoms with E-state index < -0.39 is 63.1 Å². The fourth-order valence-corrected chi connectivity index (χ4v) is 4.82. The molecule has 17 heteroatoms. The Balaban J connectivity index is 2.28. The number of nitrogens with one attached hydrogen (secondary N) is 1. The number of benzene rings is 3. The third-order valence-electron chi connectivity index (χ3n) is 4.45. The number of aromatic hydroxyl groups is 1. The van der Waals surface area contributed by atoms with Crippen LogP contribution in [0.2, 0.25) is 0 Å². The van der Waals surface area contributed by atoms with Crippen LogP contribution in [0, 0.1) is 0 Å². The minimum Gasteiger partial charge on any atom is -0.505 e. The van der Waals surface area contributed by atoms with Gasteiger partial charge >= 0.3 is 0 Å². The number of primary sulfonamides is 1. The maximum atomic E-state index is 11.9. The van der Waals surface area contributed by atoms with E-state index in [2.05, 4.69) is 15.5 Å². The van der Waals surface area contributed by atoms with Crippen molar-refractivity contribution in [1.82, 2.24) is 0 Å². The lowest BCUT2D eigenvalue weighted by atomic mass is 10.1. The van der Waals surface area contributed by atoms with Crippen LogP contribution in [0.5, 0.6) is 5.75 Å². The molecule has 0 aliphatic heterocycles. The van der Waals surface area contributed by atoms with Crippen molar-refractivity contribution < 1.29 is 44.3 Å². The van der Waals surface area contributed by atoms with Gasteiger partial charge in [0, 0.05) is 12.3 Å². The third kappa shape index (κ3) is 5.78. The number of sulfonamides is 1. The summed E-state index contributed by atoms with van der Waals surface area (Å²) in [5.41, 5.74) is -1.16. The van der Waals surface area contributed by atoms with E-state index in [0.29, 0.717) is 0 Å². The van der Waals surface area contributed by atoms with E-state index in [1.807, 2.05) is 0 Å². The van der Waals surface area contributed by atoms with Gasteiger partial charge in [0.1, 0.15) is 15.5 Å². The Labute approximate surface area is 198 Å². The van der Waals surface area contributed by atoms with E-state index in [9.17, 15) is 44.3 Å². The van der Waals surface area contributed by atoms with Gasteiger partial charge in [0.25, 0.3) is 20.2 Å². The second-order valence-electron chi connectivity index (χ2n) is 7.01. The van der Waals surface area contributed by atoms with Crippen molar-refractivity contribution in [2.24, 2.45) is 15.4 Å². The molecule has 0 spiro atoms. The number of carbonyl (C=O) groups is 1. The first-order valence-electron chi connectivity index (χ1n) is 9.09. The summed E-state index contributed by atoms with van der Waals surface area (Å²) in [7, 11) is -13.9. The highest BCUT2D eigenvalue weighted by molar-refractivity contribution is 7.89. The van der Waals surface area contributed by atoms with Gasteiger partial charge in [0.2, 0.25) is 15.9 Å². The SMILES string of the molecule is CC(=O)Nc1cc2c(O)c(/N=N/c3ccc(S(N)(=O)=O)cc3)c(S(=O)(=O)O)cc2cc1S(=O)(=O)O. The first kappa shape index (κ1) is 26.1. The molecule has 0 saturated carbocycles. The van der Waals surface area contributed by atoms with Crippen LogP contribution in [-0.2, 0) is 35.1 Å². The number of carbonyl (C=O) groups excluding carboxylic acids is 1. The van der Waals surface area contributed by atoms with E-state index in [1.165, 1.54) is 12.1 Å². The molecule has 0 atom stereocenters. The molecule has 0 radical (unpaired) electrons. The fraction of sp³-hybridized carbons (Fsp3) is 0.0556. The summed E-state index contributed by atoms with van der Waals surface area (Å²) < 4.78 is 89.2. The number of nitrogens with two attached hydrogens (primary N) is 1. The number of hydrogen-bond acceptors (Lipinski definition) is 10. The molecule has 3 aromatic rings. The molecule has 0 aliphatic carbocycles. The van der Waals surface area contributed by atoms with Gasteiger partial charge in [-0.1, -0.05) is 0 Å². The Morgan fingerprint density at radius 1 is 0.886 bits per heavy atom. The van der Waals surface area contributed by atoms with Crippen LogP contribution < -0.4 is 10.5 Å². The molecule has 0 saturated heterocycles. The van der Waals surface area contributed by atoms with Crippen molar-refractivity contribution in [2.45, 2.75) is 21.6 Å². The van der Waals surface area contributed by atoms with Crippen LogP contribution in [0.1, 0.15) is 6.92 Å². The Morgan fingerprint density at radius 3 is 1.91 bits per heavy atom. The average Bonchev–Trinajstić information content (AvgIpc) is 2.70. The molecule has 1 amide bonds. The molecule has 6 N–H and O–H groups in total. The van der Waals surface area contributed by atoms with Crippen LogP contribution in [0.4, 0.5) is 17.1 Å². The monoisotopic (exact) mass is 544 g/mol. The van der Waals surface area contributed by atoms with Gasteiger partial charge in [-0.05, 0) is 47.9 Å². The number of azo groups is 1. The minimum absolute atomic E-state index is 0.0128. The van der Waals surface area contributed by atoms with Crippen molar-refractivity contribution in [1.29, 1.82) is 0 Å². The minimum atomic E-state index is -5.05. The normalized spacial score (nSPS) is 12.8. The van der Waals surface area contributed by atoms with E-state index in [0.717, 1.165) is 37.3 Å². The fourth-order valence-electron chi connectivity index (χ4n) is 2.98. The summed E-state index contributed by atoms with van der Waals surface area (Å²) in [6, 6.07) is 7.06. The third-order valence-corrected chi connectivity index (χ3v) is 7.14. The van der Waals surface area contributed by atoms with Crippen LogP contribution in [0.25, 0.3) is 10.8 Å². The molecule has 14 nitrogen and oxygen atoms in total. The van der Waals surface area contributed by atoms with Crippen molar-refractivity contribution >= 4 is 64.0 Å². The number of phenolic OH excluding ortho intramolecular Hbond substituents is 1. The Kier molecular flexibility index (Phi) is 6.68. The number of fused-ring (bicyclic) bond motifs is 1. The highest BCUT2D eigenvalue weighted by Gasteiger charge is 2.25. The quantitative estimate of drug-likeness (QED) is 0.223. The maximum absolute atomic E-state index is 11.9. The van der Waals surface area contributed by atoms with Gasteiger partial charge in [-0.25, -0.2) is 13.6 Å². The van der Waals surface area contributed by atoms with E-state index in [1.54, 1.807) is 0 Å². The van der Waals surface area contributed by atoms with Crippen LogP contribution in [0.3, 0.4) is 0 Å². The molecule has 186 valence electrons. The smallest absolute Gasteiger partial charge is 0.296 e. The summed E-state index contributed by atoms with van der Waals surface area (Å²) in [6.45, 7) is 1.06. The maximum Gasteiger partial charge on any atom is 0.296 e. The Morgan fingerprint density at radius 2 is 1.43 bits per heavy atom. The van der Waals surface area contributed by atoms with Gasteiger partial charge in [-0.2, -0.15) is 21.9 Å². The number of rotatable bonds is 6. The molecule has 3 aromatic carbocycles. The van der Waals surface area contributed by atoms with Crippen molar-refractivity contribution in [3.8, 4) is 5.75 Å². The van der Waals surface area contributed by atoms with Crippen molar-refractivity contribution in [3.05, 3.63) is 42.5 Å². The lowest BCUT2D eigenvalue weighted by Gasteiger charge is -2.13. The van der Waals surface area contributed by atoms with E-state index >= 15 is 0 Å². The molecular weight excluding hydrogens is 528 g/mol. The topological polar surface area (TPSA) is 243 Å². The molecule has 3 rings (SSSR count). The van der Waals surface area contributed by atoms with Gasteiger partial charge in [-0.3, -0.25) is 13.9 Å². The highest BCUT2D eigenvalue weighted by Crippen LogP contribution is 2.43. The summed E-state index contributed by atoms with van der Waals surface area (Å²) in [6.07, 6.45) is 0.